The molecule has 0 saturated heterocycles. The molecule has 6 aromatic carbocycles. The number of rotatable bonds is 12. The van der Waals surface area contributed by atoms with Crippen molar-refractivity contribution in [1.29, 1.82) is 0 Å². The van der Waals surface area contributed by atoms with Gasteiger partial charge in [0.05, 0.1) is 34.7 Å². The van der Waals surface area contributed by atoms with Gasteiger partial charge in [-0.25, -0.2) is 0 Å². The summed E-state index contributed by atoms with van der Waals surface area (Å²) >= 11 is 0. The van der Waals surface area contributed by atoms with Crippen molar-refractivity contribution in [2.45, 2.75) is 0 Å². The first-order chi connectivity index (χ1) is 24.8. The minimum atomic E-state index is -0.264. The van der Waals surface area contributed by atoms with E-state index in [9.17, 15) is 28.8 Å². The summed E-state index contributed by atoms with van der Waals surface area (Å²) in [6.45, 7) is 0. The predicted molar refractivity (Wildman–Crippen MR) is 202 cm³/mol. The Morgan fingerprint density at radius 3 is 0.472 bits per heavy atom. The minimum absolute atomic E-state index is 0. The second kappa shape index (κ2) is 23.5. The third-order valence-corrected chi connectivity index (χ3v) is 7.14. The maximum atomic E-state index is 11.8. The summed E-state index contributed by atoms with van der Waals surface area (Å²) in [6, 6.07) is 52.5. The molecule has 0 aliphatic heterocycles. The summed E-state index contributed by atoms with van der Waals surface area (Å²) in [6.07, 6.45) is 3.39. The van der Waals surface area contributed by atoms with Crippen molar-refractivity contribution >= 4 is 34.7 Å². The van der Waals surface area contributed by atoms with Crippen LogP contribution in [0.15, 0.2) is 182 Å². The van der Waals surface area contributed by atoms with Gasteiger partial charge >= 0.3 is 32.7 Å². The van der Waals surface area contributed by atoms with Crippen LogP contribution in [0.25, 0.3) is 0 Å². The average Bonchev–Trinajstić information content (AvgIpc) is 3.20. The van der Waals surface area contributed by atoms with Crippen LogP contribution in [0.4, 0.5) is 0 Å². The van der Waals surface area contributed by atoms with Crippen LogP contribution in [0, 0.1) is 19.3 Å². The van der Waals surface area contributed by atoms with Crippen molar-refractivity contribution in [2.24, 2.45) is 0 Å². The smallest absolute Gasteiger partial charge is 0.457 e. The van der Waals surface area contributed by atoms with Gasteiger partial charge in [-0.05, 0) is 0 Å². The van der Waals surface area contributed by atoms with Gasteiger partial charge in [0.2, 0.25) is 0 Å². The second-order valence-corrected chi connectivity index (χ2v) is 10.8. The molecule has 0 radical (unpaired) electrons. The molecular weight excluding hydrogens is 741 g/mol. The Morgan fingerprint density at radius 1 is 0.245 bits per heavy atom. The molecule has 0 atom stereocenters. The first-order valence-corrected chi connectivity index (χ1v) is 15.9. The third kappa shape index (κ3) is 14.6. The molecule has 0 aromatic heterocycles. The number of Topliss-reactive ketones (excluding diaryl/α,β-unsaturated/α-hetero) is 6. The summed E-state index contributed by atoms with van der Waals surface area (Å²) in [5, 5.41) is 0. The SMILES string of the molecule is O=C([CH-]C(=O)c1ccccc1)c1ccccc1.O=C([CH-]C(=O)c1ccccc1)c1ccccc1.O=C([CH-]C(=O)c1ccccc1)c1ccccc1.[OH3+].[Y+3]. The molecule has 260 valence electrons. The molecule has 0 aliphatic rings. The van der Waals surface area contributed by atoms with E-state index < -0.39 is 0 Å². The van der Waals surface area contributed by atoms with Gasteiger partial charge in [-0.3, -0.25) is 0 Å². The summed E-state index contributed by atoms with van der Waals surface area (Å²) in [4.78, 5) is 70.5. The predicted octanol–water partition coefficient (Wildman–Crippen LogP) is 7.95. The fraction of sp³-hybridized carbons (Fsp3) is 0. The van der Waals surface area contributed by atoms with E-state index in [0.29, 0.717) is 33.4 Å². The van der Waals surface area contributed by atoms with Gasteiger partial charge < -0.3 is 34.2 Å². The first-order valence-electron chi connectivity index (χ1n) is 15.9. The van der Waals surface area contributed by atoms with E-state index in [1.165, 1.54) is 0 Å². The van der Waals surface area contributed by atoms with Gasteiger partial charge in [-0.1, -0.05) is 162 Å². The molecule has 7 nitrogen and oxygen atoms in total. The molecule has 0 bridgehead atoms. The number of hydrogen-bond acceptors (Lipinski definition) is 6. The third-order valence-electron chi connectivity index (χ3n) is 7.14. The Balaban J connectivity index is 0.000000270. The Labute approximate surface area is 334 Å². The Kier molecular flexibility index (Phi) is 19.1. The van der Waals surface area contributed by atoms with Gasteiger partial charge in [0.25, 0.3) is 0 Å². The van der Waals surface area contributed by atoms with Crippen LogP contribution in [0.1, 0.15) is 62.1 Å². The Morgan fingerprint density at radius 2 is 0.358 bits per heavy atom. The Hall–Kier alpha value is -5.99. The van der Waals surface area contributed by atoms with Gasteiger partial charge in [-0.15, -0.1) is 72.8 Å². The fourth-order valence-electron chi connectivity index (χ4n) is 4.47. The second-order valence-electron chi connectivity index (χ2n) is 10.8. The fourth-order valence-corrected chi connectivity index (χ4v) is 4.47. The van der Waals surface area contributed by atoms with E-state index in [0.717, 1.165) is 19.3 Å². The molecule has 0 heterocycles. The number of ketones is 6. The standard InChI is InChI=1S/3C15H11O2.H2O.Y/c3*16-14(12-7-3-1-4-8-12)11-15(17)13-9-5-2-6-10-13;;/h3*1-11H;1H2;/q3*-1;;+3/p+1. The van der Waals surface area contributed by atoms with Crippen molar-refractivity contribution in [3.8, 4) is 0 Å². The van der Waals surface area contributed by atoms with Crippen molar-refractivity contribution in [2.75, 3.05) is 0 Å². The molecule has 53 heavy (non-hydrogen) atoms. The zero-order chi connectivity index (χ0) is 36.3. The van der Waals surface area contributed by atoms with Crippen LogP contribution in [0.2, 0.25) is 0 Å². The van der Waals surface area contributed by atoms with E-state index in [-0.39, 0.29) is 72.9 Å². The molecule has 0 fully saturated rings. The number of carbonyl (C=O) groups excluding carboxylic acids is 6. The van der Waals surface area contributed by atoms with Gasteiger partial charge in [0, 0.05) is 0 Å². The van der Waals surface area contributed by atoms with E-state index in [1.807, 2.05) is 36.4 Å². The molecule has 0 unspecified atom stereocenters. The van der Waals surface area contributed by atoms with Crippen molar-refractivity contribution in [3.05, 3.63) is 235 Å². The van der Waals surface area contributed by atoms with Crippen molar-refractivity contribution < 1.29 is 67.0 Å². The van der Waals surface area contributed by atoms with Gasteiger partial charge in [0.1, 0.15) is 0 Å². The van der Waals surface area contributed by atoms with Gasteiger partial charge in [-0.2, -0.15) is 0 Å². The zero-order valence-electron chi connectivity index (χ0n) is 28.7. The summed E-state index contributed by atoms with van der Waals surface area (Å²) in [7, 11) is 0. The van der Waals surface area contributed by atoms with E-state index in [1.54, 1.807) is 146 Å². The van der Waals surface area contributed by atoms with Crippen molar-refractivity contribution in [1.82, 2.24) is 0 Å². The molecule has 0 amide bonds. The van der Waals surface area contributed by atoms with E-state index in [4.69, 9.17) is 0 Å². The molecule has 0 aliphatic carbocycles. The van der Waals surface area contributed by atoms with Crippen LogP contribution >= 0.6 is 0 Å². The zero-order valence-corrected chi connectivity index (χ0v) is 31.5. The molecule has 3 N–H and O–H groups in total. The van der Waals surface area contributed by atoms with E-state index in [2.05, 4.69) is 0 Å². The minimum Gasteiger partial charge on any atom is -0.457 e. The summed E-state index contributed by atoms with van der Waals surface area (Å²) in [5.74, 6) is -1.59. The maximum absolute atomic E-state index is 11.8. The Bertz CT molecular complexity index is 1650. The molecule has 6 aromatic rings. The molecule has 8 heteroatoms. The first kappa shape index (κ1) is 43.2. The normalized spacial score (nSPS) is 9.28. The van der Waals surface area contributed by atoms with Crippen LogP contribution in [0.3, 0.4) is 0 Å². The topological polar surface area (TPSA) is 135 Å². The molecule has 0 saturated carbocycles. The number of benzene rings is 6. The summed E-state index contributed by atoms with van der Waals surface area (Å²) < 4.78 is 0. The molecule has 6 rings (SSSR count). The van der Waals surface area contributed by atoms with Crippen LogP contribution in [0.5, 0.6) is 0 Å². The monoisotopic (exact) mass is 777 g/mol. The van der Waals surface area contributed by atoms with Crippen LogP contribution in [-0.4, -0.2) is 34.7 Å². The average molecular weight is 778 g/mol. The number of hydrogen-bond donors (Lipinski definition) is 0. The summed E-state index contributed by atoms with van der Waals surface area (Å²) in [5.41, 5.74) is 3.15. The van der Waals surface area contributed by atoms with Crippen LogP contribution < -0.4 is 0 Å². The van der Waals surface area contributed by atoms with E-state index >= 15 is 0 Å². The molecular formula is C45H36O7Y+. The molecule has 0 spiro atoms. The van der Waals surface area contributed by atoms with Crippen molar-refractivity contribution in [3.63, 3.8) is 0 Å². The largest absolute Gasteiger partial charge is 3.00 e. The quantitative estimate of drug-likeness (QED) is 0.0536. The van der Waals surface area contributed by atoms with Gasteiger partial charge in [0.15, 0.2) is 0 Å². The van der Waals surface area contributed by atoms with Crippen LogP contribution in [-0.2, 0) is 38.2 Å². The maximum Gasteiger partial charge on any atom is 3.00 e. The number of carbonyl (C=O) groups is 6.